The van der Waals surface area contributed by atoms with Crippen molar-refractivity contribution in [3.05, 3.63) is 111 Å². The Kier molecular flexibility index (Phi) is 9.05. The van der Waals surface area contributed by atoms with Gasteiger partial charge in [-0.15, -0.1) is 0 Å². The number of amides is 1. The molecule has 8 heteroatoms. The van der Waals surface area contributed by atoms with Crippen LogP contribution >= 0.6 is 11.6 Å². The smallest absolute Gasteiger partial charge is 0.253 e. The Hall–Kier alpha value is -4.09. The van der Waals surface area contributed by atoms with E-state index in [2.05, 4.69) is 48.7 Å². The van der Waals surface area contributed by atoms with E-state index >= 15 is 0 Å². The molecule has 1 aromatic heterocycles. The molecule has 1 amide bonds. The molecule has 0 aliphatic rings. The van der Waals surface area contributed by atoms with E-state index in [0.29, 0.717) is 35.5 Å². The second-order valence-corrected chi connectivity index (χ2v) is 9.97. The van der Waals surface area contributed by atoms with Gasteiger partial charge >= 0.3 is 0 Å². The molecule has 7 nitrogen and oxygen atoms in total. The monoisotopic (exact) mass is 542 g/mol. The molecule has 4 rings (SSSR count). The molecule has 0 spiro atoms. The van der Waals surface area contributed by atoms with Crippen molar-refractivity contribution >= 4 is 23.2 Å². The molecule has 4 aromatic rings. The summed E-state index contributed by atoms with van der Waals surface area (Å²) in [6.07, 6.45) is 0.338. The van der Waals surface area contributed by atoms with Gasteiger partial charge in [-0.3, -0.25) is 4.79 Å². The lowest BCUT2D eigenvalue weighted by atomic mass is 10.0. The standard InChI is InChI=1S/C31H31ClN4O3/c1-19-3-6-22(7-4-19)20(2)35-17-26-10-12-30(39-26)23-9-11-28(32)27(15-23)31(38)36-25(18-37)13-21-5-8-24(16-33)29(34)14-21/h3-12,14-15,20,25,35,37H,13,17-18,34H2,1-2H3,(H,36,38)/t20-,25-/m1/s1. The predicted molar refractivity (Wildman–Crippen MR) is 153 cm³/mol. The molecule has 39 heavy (non-hydrogen) atoms. The second kappa shape index (κ2) is 12.6. The van der Waals surface area contributed by atoms with E-state index in [1.807, 2.05) is 18.2 Å². The van der Waals surface area contributed by atoms with Gasteiger partial charge in [0.2, 0.25) is 0 Å². The Bertz CT molecular complexity index is 1490. The molecule has 0 fully saturated rings. The maximum atomic E-state index is 13.1. The number of nitrogens with one attached hydrogen (secondary N) is 2. The molecule has 0 saturated heterocycles. The Morgan fingerprint density at radius 3 is 2.56 bits per heavy atom. The summed E-state index contributed by atoms with van der Waals surface area (Å²) >= 11 is 6.37. The van der Waals surface area contributed by atoms with E-state index in [4.69, 9.17) is 27.0 Å². The van der Waals surface area contributed by atoms with Crippen LogP contribution in [0.25, 0.3) is 11.3 Å². The van der Waals surface area contributed by atoms with E-state index in [-0.39, 0.29) is 23.2 Å². The van der Waals surface area contributed by atoms with Gasteiger partial charge in [-0.25, -0.2) is 0 Å². The zero-order valence-electron chi connectivity index (χ0n) is 21.9. The lowest BCUT2D eigenvalue weighted by molar-refractivity contribution is 0.0916. The summed E-state index contributed by atoms with van der Waals surface area (Å²) in [5, 5.41) is 25.5. The first-order valence-corrected chi connectivity index (χ1v) is 13.0. The van der Waals surface area contributed by atoms with Crippen molar-refractivity contribution in [1.82, 2.24) is 10.6 Å². The zero-order valence-corrected chi connectivity index (χ0v) is 22.6. The van der Waals surface area contributed by atoms with E-state index < -0.39 is 11.9 Å². The van der Waals surface area contributed by atoms with Crippen molar-refractivity contribution in [2.75, 3.05) is 12.3 Å². The van der Waals surface area contributed by atoms with Crippen molar-refractivity contribution in [2.24, 2.45) is 0 Å². The quantitative estimate of drug-likeness (QED) is 0.195. The lowest BCUT2D eigenvalue weighted by Gasteiger charge is -2.17. The van der Waals surface area contributed by atoms with Crippen molar-refractivity contribution in [3.63, 3.8) is 0 Å². The summed E-state index contributed by atoms with van der Waals surface area (Å²) in [6.45, 7) is 4.44. The number of furan rings is 1. The zero-order chi connectivity index (χ0) is 27.9. The highest BCUT2D eigenvalue weighted by Gasteiger charge is 2.18. The SMILES string of the molecule is Cc1ccc([C@@H](C)NCc2ccc(-c3ccc(Cl)c(C(=O)N[C@@H](CO)Cc4ccc(C#N)c(N)c4)c3)o2)cc1. The van der Waals surface area contributed by atoms with Crippen LogP contribution in [-0.4, -0.2) is 23.7 Å². The highest BCUT2D eigenvalue weighted by atomic mass is 35.5. The minimum atomic E-state index is -0.568. The van der Waals surface area contributed by atoms with Crippen molar-refractivity contribution in [3.8, 4) is 17.4 Å². The van der Waals surface area contributed by atoms with Crippen LogP contribution in [0.15, 0.2) is 77.2 Å². The van der Waals surface area contributed by atoms with Crippen LogP contribution in [0.2, 0.25) is 5.02 Å². The van der Waals surface area contributed by atoms with Gasteiger partial charge in [0, 0.05) is 17.3 Å². The Morgan fingerprint density at radius 2 is 1.87 bits per heavy atom. The molecular formula is C31H31ClN4O3. The number of halogens is 1. The highest BCUT2D eigenvalue weighted by Crippen LogP contribution is 2.27. The molecule has 0 bridgehead atoms. The van der Waals surface area contributed by atoms with E-state index in [1.54, 1.807) is 36.4 Å². The fourth-order valence-corrected chi connectivity index (χ4v) is 4.46. The normalized spacial score (nSPS) is 12.5. The number of carbonyl (C=O) groups is 1. The summed E-state index contributed by atoms with van der Waals surface area (Å²) in [4.78, 5) is 13.1. The van der Waals surface area contributed by atoms with Gasteiger partial charge < -0.3 is 25.9 Å². The number of aliphatic hydroxyl groups excluding tert-OH is 1. The number of hydrogen-bond acceptors (Lipinski definition) is 6. The van der Waals surface area contributed by atoms with E-state index in [1.165, 1.54) is 11.1 Å². The number of hydrogen-bond donors (Lipinski definition) is 4. The summed E-state index contributed by atoms with van der Waals surface area (Å²) in [5.74, 6) is 0.974. The topological polar surface area (TPSA) is 124 Å². The van der Waals surface area contributed by atoms with Gasteiger partial charge in [-0.1, -0.05) is 47.5 Å². The number of nitriles is 1. The summed E-state index contributed by atoms with van der Waals surface area (Å²) in [5.41, 5.74) is 10.8. The summed E-state index contributed by atoms with van der Waals surface area (Å²) in [6, 6.07) is 24.0. The largest absolute Gasteiger partial charge is 0.460 e. The first-order valence-electron chi connectivity index (χ1n) is 12.7. The molecule has 0 aliphatic heterocycles. The maximum Gasteiger partial charge on any atom is 0.253 e. The Morgan fingerprint density at radius 1 is 1.10 bits per heavy atom. The summed E-state index contributed by atoms with van der Waals surface area (Å²) in [7, 11) is 0. The van der Waals surface area contributed by atoms with Crippen LogP contribution in [0.3, 0.4) is 0 Å². The number of nitrogens with two attached hydrogens (primary N) is 1. The number of carbonyl (C=O) groups excluding carboxylic acids is 1. The molecule has 0 unspecified atom stereocenters. The van der Waals surface area contributed by atoms with Gasteiger partial charge in [-0.2, -0.15) is 5.26 Å². The Labute approximate surface area is 233 Å². The van der Waals surface area contributed by atoms with Crippen molar-refractivity contribution < 1.29 is 14.3 Å². The molecular weight excluding hydrogens is 512 g/mol. The van der Waals surface area contributed by atoms with Crippen LogP contribution in [0, 0.1) is 18.3 Å². The molecule has 5 N–H and O–H groups in total. The van der Waals surface area contributed by atoms with Crippen LogP contribution < -0.4 is 16.4 Å². The van der Waals surface area contributed by atoms with Gasteiger partial charge in [0.05, 0.1) is 35.3 Å². The van der Waals surface area contributed by atoms with Crippen LogP contribution in [-0.2, 0) is 13.0 Å². The fraction of sp³-hybridized carbons (Fsp3) is 0.226. The fourth-order valence-electron chi connectivity index (χ4n) is 4.26. The van der Waals surface area contributed by atoms with Gasteiger partial charge in [0.1, 0.15) is 17.6 Å². The van der Waals surface area contributed by atoms with Gasteiger partial charge in [0.25, 0.3) is 5.91 Å². The number of nitrogen functional groups attached to an aromatic ring is 1. The molecule has 0 radical (unpaired) electrons. The molecule has 2 atom stereocenters. The van der Waals surface area contributed by atoms with E-state index in [9.17, 15) is 9.90 Å². The first kappa shape index (κ1) is 27.9. The highest BCUT2D eigenvalue weighted by molar-refractivity contribution is 6.34. The molecule has 3 aromatic carbocycles. The average Bonchev–Trinajstić information content (AvgIpc) is 3.41. The molecule has 0 aliphatic carbocycles. The van der Waals surface area contributed by atoms with Gasteiger partial charge in [0.15, 0.2) is 0 Å². The third-order valence-corrected chi connectivity index (χ3v) is 6.92. The Balaban J connectivity index is 1.42. The number of aliphatic hydroxyl groups is 1. The minimum Gasteiger partial charge on any atom is -0.460 e. The predicted octanol–water partition coefficient (Wildman–Crippen LogP) is 5.55. The average molecular weight is 543 g/mol. The third-order valence-electron chi connectivity index (χ3n) is 6.59. The number of anilines is 1. The molecule has 200 valence electrons. The van der Waals surface area contributed by atoms with Crippen LogP contribution in [0.5, 0.6) is 0 Å². The third kappa shape index (κ3) is 7.06. The number of benzene rings is 3. The number of aryl methyl sites for hydroxylation is 1. The van der Waals surface area contributed by atoms with Crippen LogP contribution in [0.4, 0.5) is 5.69 Å². The van der Waals surface area contributed by atoms with Crippen molar-refractivity contribution in [1.29, 1.82) is 5.26 Å². The number of rotatable bonds is 10. The number of nitrogens with zero attached hydrogens (tertiary/aromatic N) is 1. The minimum absolute atomic E-state index is 0.158. The van der Waals surface area contributed by atoms with Gasteiger partial charge in [-0.05, 0) is 73.9 Å². The van der Waals surface area contributed by atoms with Crippen molar-refractivity contribution in [2.45, 2.75) is 38.9 Å². The second-order valence-electron chi connectivity index (χ2n) is 9.56. The molecule has 1 heterocycles. The maximum absolute atomic E-state index is 13.1. The molecule has 0 saturated carbocycles. The summed E-state index contributed by atoms with van der Waals surface area (Å²) < 4.78 is 6.05. The first-order chi connectivity index (χ1) is 18.8. The van der Waals surface area contributed by atoms with Crippen LogP contribution in [0.1, 0.15) is 51.3 Å². The van der Waals surface area contributed by atoms with E-state index in [0.717, 1.165) is 11.3 Å². The lowest BCUT2D eigenvalue weighted by Crippen LogP contribution is -2.39.